The van der Waals surface area contributed by atoms with Crippen LogP contribution in [0.15, 0.2) is 28.0 Å². The van der Waals surface area contributed by atoms with E-state index in [4.69, 9.17) is 10.9 Å². The van der Waals surface area contributed by atoms with Crippen LogP contribution in [0.3, 0.4) is 0 Å². The van der Waals surface area contributed by atoms with Gasteiger partial charge in [0.2, 0.25) is 0 Å². The Morgan fingerprint density at radius 3 is 2.94 bits per heavy atom. The molecule has 0 aliphatic carbocycles. The molecule has 0 fully saturated rings. The van der Waals surface area contributed by atoms with E-state index in [1.165, 1.54) is 0 Å². The van der Waals surface area contributed by atoms with E-state index in [0.717, 1.165) is 0 Å². The number of nitrogens with zero attached hydrogens (tertiary/aromatic N) is 3. The number of amidine groups is 1. The van der Waals surface area contributed by atoms with Gasteiger partial charge in [-0.15, -0.1) is 0 Å². The van der Waals surface area contributed by atoms with Gasteiger partial charge in [-0.25, -0.2) is 4.98 Å². The largest absolute Gasteiger partial charge is 0.409 e. The van der Waals surface area contributed by atoms with Crippen molar-refractivity contribution in [1.29, 1.82) is 0 Å². The first-order valence-electron chi connectivity index (χ1n) is 5.46. The van der Waals surface area contributed by atoms with Crippen molar-refractivity contribution in [3.8, 4) is 0 Å². The van der Waals surface area contributed by atoms with E-state index in [1.54, 1.807) is 23.2 Å². The highest BCUT2D eigenvalue weighted by molar-refractivity contribution is 9.10. The summed E-state index contributed by atoms with van der Waals surface area (Å²) in [6.07, 6.45) is 1.88. The predicted molar refractivity (Wildman–Crippen MR) is 71.5 cm³/mol. The molecule has 18 heavy (non-hydrogen) atoms. The van der Waals surface area contributed by atoms with Crippen LogP contribution in [-0.4, -0.2) is 39.9 Å². The molecule has 0 saturated heterocycles. The number of oxime groups is 1. The molecule has 0 atom stereocenters. The number of nitrogens with two attached hydrogens (primary N) is 1. The predicted octanol–water partition coefficient (Wildman–Crippen LogP) is 1.44. The second-order valence-corrected chi connectivity index (χ2v) is 4.41. The molecule has 0 radical (unpaired) electrons. The number of rotatable bonds is 5. The second kappa shape index (κ2) is 6.95. The van der Waals surface area contributed by atoms with Gasteiger partial charge < -0.3 is 15.8 Å². The Balaban J connectivity index is 2.77. The first kappa shape index (κ1) is 14.4. The van der Waals surface area contributed by atoms with E-state index < -0.39 is 0 Å². The number of carbonyl (C=O) groups is 1. The average Bonchev–Trinajstić information content (AvgIpc) is 2.39. The fourth-order valence-electron chi connectivity index (χ4n) is 1.40. The third kappa shape index (κ3) is 3.69. The zero-order valence-corrected chi connectivity index (χ0v) is 11.6. The lowest BCUT2D eigenvalue weighted by Crippen LogP contribution is -2.34. The summed E-state index contributed by atoms with van der Waals surface area (Å²) in [4.78, 5) is 17.8. The van der Waals surface area contributed by atoms with Crippen LogP contribution in [0.5, 0.6) is 0 Å². The summed E-state index contributed by atoms with van der Waals surface area (Å²) in [6, 6.07) is 3.51. The quantitative estimate of drug-likeness (QED) is 0.372. The smallest absolute Gasteiger partial charge is 0.273 e. The fourth-order valence-corrected chi connectivity index (χ4v) is 1.82. The first-order valence-corrected chi connectivity index (χ1v) is 6.25. The lowest BCUT2D eigenvalue weighted by molar-refractivity contribution is 0.0761. The minimum atomic E-state index is -0.185. The maximum atomic E-state index is 12.2. The van der Waals surface area contributed by atoms with Gasteiger partial charge >= 0.3 is 0 Å². The highest BCUT2D eigenvalue weighted by Gasteiger charge is 2.18. The summed E-state index contributed by atoms with van der Waals surface area (Å²) in [7, 11) is 0. The average molecular weight is 315 g/mol. The van der Waals surface area contributed by atoms with Crippen LogP contribution < -0.4 is 5.73 Å². The topological polar surface area (TPSA) is 91.8 Å². The molecular weight excluding hydrogens is 300 g/mol. The third-order valence-electron chi connectivity index (χ3n) is 2.40. The number of pyridine rings is 1. The molecule has 1 heterocycles. The third-order valence-corrected chi connectivity index (χ3v) is 3.04. The molecule has 3 N–H and O–H groups in total. The monoisotopic (exact) mass is 314 g/mol. The maximum absolute atomic E-state index is 12.2. The minimum absolute atomic E-state index is 0.0985. The van der Waals surface area contributed by atoms with Crippen LogP contribution in [0.1, 0.15) is 23.8 Å². The van der Waals surface area contributed by atoms with E-state index in [0.29, 0.717) is 29.7 Å². The molecular formula is C11H15BrN4O2. The van der Waals surface area contributed by atoms with Crippen LogP contribution in [0, 0.1) is 0 Å². The van der Waals surface area contributed by atoms with Crippen molar-refractivity contribution < 1.29 is 10.0 Å². The van der Waals surface area contributed by atoms with Crippen LogP contribution in [-0.2, 0) is 0 Å². The van der Waals surface area contributed by atoms with Gasteiger partial charge in [0.1, 0.15) is 11.5 Å². The highest BCUT2D eigenvalue weighted by Crippen LogP contribution is 2.15. The van der Waals surface area contributed by atoms with Gasteiger partial charge in [0, 0.05) is 30.2 Å². The lowest BCUT2D eigenvalue weighted by atomic mass is 10.3. The van der Waals surface area contributed by atoms with Crippen molar-refractivity contribution >= 4 is 27.7 Å². The van der Waals surface area contributed by atoms with Crippen molar-refractivity contribution in [2.45, 2.75) is 13.3 Å². The van der Waals surface area contributed by atoms with E-state index in [9.17, 15) is 4.79 Å². The molecule has 0 aromatic carbocycles. The molecule has 0 aliphatic rings. The van der Waals surface area contributed by atoms with E-state index in [1.807, 2.05) is 6.92 Å². The van der Waals surface area contributed by atoms with Gasteiger partial charge in [0.15, 0.2) is 0 Å². The highest BCUT2D eigenvalue weighted by atomic mass is 79.9. The zero-order chi connectivity index (χ0) is 13.5. The Hall–Kier alpha value is -1.63. The van der Waals surface area contributed by atoms with Gasteiger partial charge in [-0.1, -0.05) is 5.16 Å². The number of carbonyl (C=O) groups excluding carboxylic acids is 1. The van der Waals surface area contributed by atoms with Crippen LogP contribution in [0.4, 0.5) is 0 Å². The number of aromatic nitrogens is 1. The summed E-state index contributed by atoms with van der Waals surface area (Å²) in [6.45, 7) is 2.77. The molecule has 0 unspecified atom stereocenters. The molecule has 1 aromatic heterocycles. The number of hydrogen-bond donors (Lipinski definition) is 2. The molecule has 6 nitrogen and oxygen atoms in total. The molecule has 1 rings (SSSR count). The standard InChI is InChI=1S/C11H15BrN4O2/c1-2-16(7-5-9(13)15-18)11(17)10-8(12)4-3-6-14-10/h3-4,6,18H,2,5,7H2,1H3,(H2,13,15). The molecule has 1 amide bonds. The summed E-state index contributed by atoms with van der Waals surface area (Å²) < 4.78 is 0.650. The Morgan fingerprint density at radius 2 is 2.39 bits per heavy atom. The van der Waals surface area contributed by atoms with Crippen LogP contribution in [0.2, 0.25) is 0 Å². The fraction of sp³-hybridized carbons (Fsp3) is 0.364. The van der Waals surface area contributed by atoms with Crippen molar-refractivity contribution in [3.63, 3.8) is 0 Å². The Labute approximate surface area is 114 Å². The van der Waals surface area contributed by atoms with Crippen molar-refractivity contribution in [2.24, 2.45) is 10.9 Å². The zero-order valence-electron chi connectivity index (χ0n) is 10.0. The number of amides is 1. The second-order valence-electron chi connectivity index (χ2n) is 3.56. The molecule has 0 spiro atoms. The first-order chi connectivity index (χ1) is 8.60. The summed E-state index contributed by atoms with van der Waals surface area (Å²) in [5.41, 5.74) is 5.74. The molecule has 98 valence electrons. The van der Waals surface area contributed by atoms with E-state index in [-0.39, 0.29) is 11.7 Å². The summed E-state index contributed by atoms with van der Waals surface area (Å²) in [5.74, 6) is -0.0861. The van der Waals surface area contributed by atoms with Crippen LogP contribution in [0.25, 0.3) is 0 Å². The Bertz CT molecular complexity index is 450. The van der Waals surface area contributed by atoms with Gasteiger partial charge in [-0.3, -0.25) is 4.79 Å². The summed E-state index contributed by atoms with van der Waals surface area (Å²) >= 11 is 3.29. The molecule has 0 bridgehead atoms. The van der Waals surface area contributed by atoms with E-state index >= 15 is 0 Å². The van der Waals surface area contributed by atoms with Gasteiger partial charge in [-0.05, 0) is 35.0 Å². The van der Waals surface area contributed by atoms with Crippen LogP contribution >= 0.6 is 15.9 Å². The normalized spacial score (nSPS) is 11.3. The van der Waals surface area contributed by atoms with Crippen molar-refractivity contribution in [2.75, 3.05) is 13.1 Å². The SMILES string of the molecule is CCN(CC/C(N)=N/O)C(=O)c1ncccc1Br. The minimum Gasteiger partial charge on any atom is -0.409 e. The number of halogens is 1. The molecule has 0 saturated carbocycles. The maximum Gasteiger partial charge on any atom is 0.273 e. The van der Waals surface area contributed by atoms with Crippen molar-refractivity contribution in [1.82, 2.24) is 9.88 Å². The molecule has 1 aromatic rings. The Kier molecular flexibility index (Phi) is 5.57. The molecule has 0 aliphatic heterocycles. The van der Waals surface area contributed by atoms with E-state index in [2.05, 4.69) is 26.1 Å². The Morgan fingerprint density at radius 1 is 1.67 bits per heavy atom. The van der Waals surface area contributed by atoms with Crippen molar-refractivity contribution in [3.05, 3.63) is 28.5 Å². The van der Waals surface area contributed by atoms with Gasteiger partial charge in [0.25, 0.3) is 5.91 Å². The lowest BCUT2D eigenvalue weighted by Gasteiger charge is -2.20. The van der Waals surface area contributed by atoms with Gasteiger partial charge in [0.05, 0.1) is 0 Å². The van der Waals surface area contributed by atoms with Gasteiger partial charge in [-0.2, -0.15) is 0 Å². The summed E-state index contributed by atoms with van der Waals surface area (Å²) in [5, 5.41) is 11.3. The molecule has 7 heteroatoms. The number of hydrogen-bond acceptors (Lipinski definition) is 4.